The number of nitrogens with one attached hydrogen (secondary N) is 1. The van der Waals surface area contributed by atoms with Crippen molar-refractivity contribution in [1.82, 2.24) is 10.2 Å². The fourth-order valence-electron chi connectivity index (χ4n) is 2.80. The molecular formula is C19H24Cl2F2N2. The van der Waals surface area contributed by atoms with Crippen LogP contribution in [-0.4, -0.2) is 43.4 Å². The normalized spacial score (nSPS) is 17.2. The van der Waals surface area contributed by atoms with Gasteiger partial charge in [-0.2, -0.15) is 0 Å². The van der Waals surface area contributed by atoms with Crippen molar-refractivity contribution in [2.24, 2.45) is 0 Å². The van der Waals surface area contributed by atoms with Gasteiger partial charge in [-0.05, 0) is 11.1 Å². The highest BCUT2D eigenvalue weighted by atomic mass is 35.5. The van der Waals surface area contributed by atoms with Crippen LogP contribution < -0.4 is 5.32 Å². The Morgan fingerprint density at radius 3 is 1.44 bits per heavy atom. The average molecular weight is 389 g/mol. The lowest BCUT2D eigenvalue weighted by Gasteiger charge is -2.41. The van der Waals surface area contributed by atoms with Crippen LogP contribution >= 0.6 is 24.8 Å². The molecule has 0 radical (unpaired) electrons. The molecule has 0 saturated carbocycles. The lowest BCUT2D eigenvalue weighted by Crippen LogP contribution is -2.50. The third-order valence-corrected chi connectivity index (χ3v) is 4.19. The molecule has 2 aliphatic rings. The topological polar surface area (TPSA) is 15.3 Å². The zero-order chi connectivity index (χ0) is 16.1. The largest absolute Gasteiger partial charge is 0.311 e. The molecule has 1 N–H and O–H groups in total. The molecule has 0 spiro atoms. The van der Waals surface area contributed by atoms with Crippen LogP contribution in [0.2, 0.25) is 0 Å². The Balaban J connectivity index is 0.000000388. The maximum atomic E-state index is 13.1. The molecule has 25 heavy (non-hydrogen) atoms. The summed E-state index contributed by atoms with van der Waals surface area (Å²) in [5, 5.41) is 2.79. The van der Waals surface area contributed by atoms with Crippen molar-refractivity contribution in [2.75, 3.05) is 26.2 Å². The maximum Gasteiger partial charge on any atom is 0.125 e. The molecule has 4 rings (SSSR count). The highest BCUT2D eigenvalue weighted by Crippen LogP contribution is 2.32. The van der Waals surface area contributed by atoms with Gasteiger partial charge in [0.05, 0.1) is 6.04 Å². The van der Waals surface area contributed by atoms with Gasteiger partial charge in [-0.25, -0.2) is 8.78 Å². The maximum absolute atomic E-state index is 13.1. The molecule has 6 heteroatoms. The Morgan fingerprint density at radius 2 is 1.16 bits per heavy atom. The van der Waals surface area contributed by atoms with Crippen molar-refractivity contribution < 1.29 is 8.78 Å². The van der Waals surface area contributed by atoms with Gasteiger partial charge < -0.3 is 5.32 Å². The number of benzene rings is 2. The molecule has 2 nitrogen and oxygen atoms in total. The number of hydrogen-bond acceptors (Lipinski definition) is 2. The highest BCUT2D eigenvalue weighted by Gasteiger charge is 2.33. The molecule has 2 fully saturated rings. The van der Waals surface area contributed by atoms with Crippen molar-refractivity contribution in [1.29, 1.82) is 0 Å². The van der Waals surface area contributed by atoms with E-state index in [1.807, 2.05) is 36.4 Å². The summed E-state index contributed by atoms with van der Waals surface area (Å²) < 4.78 is 24.6. The monoisotopic (exact) mass is 388 g/mol. The van der Waals surface area contributed by atoms with E-state index in [4.69, 9.17) is 0 Å². The van der Waals surface area contributed by atoms with Crippen molar-refractivity contribution in [2.45, 2.75) is 18.4 Å². The molecule has 0 unspecified atom stereocenters. The van der Waals surface area contributed by atoms with Crippen LogP contribution in [0.25, 0.3) is 0 Å². The van der Waals surface area contributed by atoms with Gasteiger partial charge in [-0.3, -0.25) is 4.90 Å². The van der Waals surface area contributed by atoms with E-state index < -0.39 is 12.3 Å². The molecule has 2 saturated heterocycles. The Kier molecular flexibility index (Phi) is 9.36. The van der Waals surface area contributed by atoms with E-state index in [1.54, 1.807) is 0 Å². The molecule has 2 heterocycles. The summed E-state index contributed by atoms with van der Waals surface area (Å²) in [6, 6.07) is 20.8. The van der Waals surface area contributed by atoms with Crippen LogP contribution in [0.4, 0.5) is 8.78 Å². The van der Waals surface area contributed by atoms with E-state index in [0.717, 1.165) is 0 Å². The van der Waals surface area contributed by atoms with E-state index in [-0.39, 0.29) is 30.9 Å². The predicted octanol–water partition coefficient (Wildman–Crippen LogP) is 4.20. The van der Waals surface area contributed by atoms with E-state index in [1.165, 1.54) is 11.1 Å². The fraction of sp³-hybridized carbons (Fsp3) is 0.368. The minimum atomic E-state index is -0.667. The zero-order valence-corrected chi connectivity index (χ0v) is 15.5. The number of hydrogen-bond donors (Lipinski definition) is 1. The Bertz CT molecular complexity index is 551. The summed E-state index contributed by atoms with van der Waals surface area (Å²) in [5.74, 6) is 0. The lowest BCUT2D eigenvalue weighted by molar-refractivity contribution is 0.0402. The average Bonchev–Trinajstić information content (AvgIpc) is 2.54. The molecular weight excluding hydrogens is 365 g/mol. The number of nitrogens with zero attached hydrogens (tertiary/aromatic N) is 1. The number of rotatable bonds is 3. The molecule has 2 aromatic rings. The summed E-state index contributed by atoms with van der Waals surface area (Å²) in [5.41, 5.74) is 2.46. The molecule has 2 aromatic carbocycles. The van der Waals surface area contributed by atoms with Gasteiger partial charge in [0, 0.05) is 26.2 Å². The van der Waals surface area contributed by atoms with E-state index in [0.29, 0.717) is 26.2 Å². The SMILES string of the molecule is Cl.Cl.FC1CN(C(c2ccccc2)c2ccccc2)C1.FC1CNC1. The highest BCUT2D eigenvalue weighted by molar-refractivity contribution is 5.85. The lowest BCUT2D eigenvalue weighted by atomic mass is 9.94. The quantitative estimate of drug-likeness (QED) is 0.847. The third-order valence-electron chi connectivity index (χ3n) is 4.19. The number of halogens is 4. The van der Waals surface area contributed by atoms with Crippen LogP contribution in [-0.2, 0) is 0 Å². The molecule has 0 aliphatic carbocycles. The zero-order valence-electron chi connectivity index (χ0n) is 13.9. The molecule has 138 valence electrons. The summed E-state index contributed by atoms with van der Waals surface area (Å²) in [6.07, 6.45) is -1.21. The first-order valence-corrected chi connectivity index (χ1v) is 8.07. The van der Waals surface area contributed by atoms with Crippen molar-refractivity contribution in [3.05, 3.63) is 71.8 Å². The van der Waals surface area contributed by atoms with Crippen LogP contribution in [0.15, 0.2) is 60.7 Å². The Hall–Kier alpha value is -1.20. The minimum Gasteiger partial charge on any atom is -0.311 e. The second-order valence-corrected chi connectivity index (χ2v) is 6.03. The molecule has 0 aromatic heterocycles. The van der Waals surface area contributed by atoms with Crippen molar-refractivity contribution in [3.63, 3.8) is 0 Å². The van der Waals surface area contributed by atoms with E-state index in [2.05, 4.69) is 34.5 Å². The molecule has 0 atom stereocenters. The van der Waals surface area contributed by atoms with Crippen LogP contribution in [0.5, 0.6) is 0 Å². The minimum absolute atomic E-state index is 0. The van der Waals surface area contributed by atoms with Gasteiger partial charge in [0.1, 0.15) is 12.3 Å². The van der Waals surface area contributed by atoms with Crippen molar-refractivity contribution >= 4 is 24.8 Å². The van der Waals surface area contributed by atoms with Gasteiger partial charge in [0.25, 0.3) is 0 Å². The first kappa shape index (κ1) is 21.8. The van der Waals surface area contributed by atoms with Crippen LogP contribution in [0, 0.1) is 0 Å². The van der Waals surface area contributed by atoms with Crippen molar-refractivity contribution in [3.8, 4) is 0 Å². The standard InChI is InChI=1S/C16H16FN.C3H6FN.2ClH/c17-15-11-18(12-15)16(13-7-3-1-4-8-13)14-9-5-2-6-10-14;4-3-1-5-2-3;;/h1-10,15-16H,11-12H2;3,5H,1-2H2;2*1H. The smallest absolute Gasteiger partial charge is 0.125 e. The predicted molar refractivity (Wildman–Crippen MR) is 103 cm³/mol. The van der Waals surface area contributed by atoms with E-state index in [9.17, 15) is 8.78 Å². The molecule has 0 bridgehead atoms. The third kappa shape index (κ3) is 5.93. The van der Waals surface area contributed by atoms with E-state index >= 15 is 0 Å². The Labute approximate surface area is 160 Å². The summed E-state index contributed by atoms with van der Waals surface area (Å²) >= 11 is 0. The van der Waals surface area contributed by atoms with Crippen LogP contribution in [0.3, 0.4) is 0 Å². The summed E-state index contributed by atoms with van der Waals surface area (Å²) in [4.78, 5) is 2.19. The second kappa shape index (κ2) is 10.7. The Morgan fingerprint density at radius 1 is 0.760 bits per heavy atom. The molecule has 0 amide bonds. The molecule has 2 aliphatic heterocycles. The second-order valence-electron chi connectivity index (χ2n) is 6.03. The summed E-state index contributed by atoms with van der Waals surface area (Å²) in [6.45, 7) is 2.21. The fourth-order valence-corrected chi connectivity index (χ4v) is 2.80. The first-order valence-electron chi connectivity index (χ1n) is 8.07. The van der Waals surface area contributed by atoms with Gasteiger partial charge in [-0.15, -0.1) is 24.8 Å². The number of likely N-dealkylation sites (tertiary alicyclic amines) is 1. The van der Waals surface area contributed by atoms with Gasteiger partial charge in [0.2, 0.25) is 0 Å². The number of alkyl halides is 2. The first-order chi connectivity index (χ1) is 11.2. The summed E-state index contributed by atoms with van der Waals surface area (Å²) in [7, 11) is 0. The van der Waals surface area contributed by atoms with Crippen LogP contribution in [0.1, 0.15) is 17.2 Å². The van der Waals surface area contributed by atoms with Gasteiger partial charge in [-0.1, -0.05) is 60.7 Å². The van der Waals surface area contributed by atoms with Gasteiger partial charge in [0.15, 0.2) is 0 Å². The van der Waals surface area contributed by atoms with Gasteiger partial charge >= 0.3 is 0 Å².